The van der Waals surface area contributed by atoms with E-state index >= 15 is 0 Å². The van der Waals surface area contributed by atoms with Crippen molar-refractivity contribution in [3.63, 3.8) is 0 Å². The summed E-state index contributed by atoms with van der Waals surface area (Å²) in [6, 6.07) is 16.4. The fourth-order valence-corrected chi connectivity index (χ4v) is 4.38. The largest absolute Gasteiger partial charge is 0.495 e. The van der Waals surface area contributed by atoms with Crippen molar-refractivity contribution in [2.45, 2.75) is 19.8 Å². The molecule has 5 nitrogen and oxygen atoms in total. The molecule has 2 aromatic carbocycles. The van der Waals surface area contributed by atoms with Gasteiger partial charge in [0.25, 0.3) is 11.8 Å². The fraction of sp³-hybridized carbons (Fsp3) is 0.167. The standard InChI is InChI=1S/C24H21ClN2O3S/c1-14(2)15-6-9-17(10-7-15)26-22-21(20-5-4-12-31-20)23(28)27(24(22)29)18-13-16(25)8-11-19(18)30-3/h4-14,26H,1-3H3. The van der Waals surface area contributed by atoms with Gasteiger partial charge in [-0.1, -0.05) is 43.6 Å². The Hall–Kier alpha value is -3.09. The van der Waals surface area contributed by atoms with Crippen LogP contribution in [0.4, 0.5) is 11.4 Å². The van der Waals surface area contributed by atoms with Crippen LogP contribution in [0.15, 0.2) is 65.7 Å². The summed E-state index contributed by atoms with van der Waals surface area (Å²) in [7, 11) is 1.49. The Morgan fingerprint density at radius 1 is 1.03 bits per heavy atom. The maximum atomic E-state index is 13.5. The first kappa shape index (κ1) is 21.2. The van der Waals surface area contributed by atoms with Crippen molar-refractivity contribution in [2.75, 3.05) is 17.3 Å². The second-order valence-electron chi connectivity index (χ2n) is 7.39. The highest BCUT2D eigenvalue weighted by Crippen LogP contribution is 2.40. The van der Waals surface area contributed by atoms with E-state index < -0.39 is 11.8 Å². The van der Waals surface area contributed by atoms with Crippen LogP contribution < -0.4 is 15.0 Å². The molecule has 1 aliphatic rings. The summed E-state index contributed by atoms with van der Waals surface area (Å²) in [5.74, 6) is -0.0918. The van der Waals surface area contributed by atoms with Gasteiger partial charge in [-0.3, -0.25) is 9.59 Å². The SMILES string of the molecule is COc1ccc(Cl)cc1N1C(=O)C(Nc2ccc(C(C)C)cc2)=C(c2cccs2)C1=O. The number of rotatable bonds is 6. The third-order valence-corrected chi connectivity index (χ3v) is 6.20. The number of thiophene rings is 1. The van der Waals surface area contributed by atoms with Gasteiger partial charge < -0.3 is 10.1 Å². The number of halogens is 1. The molecule has 2 heterocycles. The Bertz CT molecular complexity index is 1170. The van der Waals surface area contributed by atoms with Crippen LogP contribution in [0, 0.1) is 0 Å². The topological polar surface area (TPSA) is 58.6 Å². The summed E-state index contributed by atoms with van der Waals surface area (Å²) in [4.78, 5) is 28.8. The van der Waals surface area contributed by atoms with Gasteiger partial charge in [-0.25, -0.2) is 4.90 Å². The number of amides is 2. The summed E-state index contributed by atoms with van der Waals surface area (Å²) in [6.45, 7) is 4.24. The predicted molar refractivity (Wildman–Crippen MR) is 126 cm³/mol. The highest BCUT2D eigenvalue weighted by atomic mass is 35.5. The average molecular weight is 453 g/mol. The molecule has 7 heteroatoms. The summed E-state index contributed by atoms with van der Waals surface area (Å²) in [6.07, 6.45) is 0. The fourth-order valence-electron chi connectivity index (χ4n) is 3.45. The summed E-state index contributed by atoms with van der Waals surface area (Å²) >= 11 is 7.56. The van der Waals surface area contributed by atoms with Crippen molar-refractivity contribution in [1.82, 2.24) is 0 Å². The van der Waals surface area contributed by atoms with E-state index in [4.69, 9.17) is 16.3 Å². The number of imide groups is 1. The molecule has 0 spiro atoms. The Balaban J connectivity index is 1.78. The molecule has 4 rings (SSSR count). The first-order valence-electron chi connectivity index (χ1n) is 9.78. The molecule has 0 fully saturated rings. The number of hydrogen-bond acceptors (Lipinski definition) is 5. The van der Waals surface area contributed by atoms with E-state index in [0.29, 0.717) is 32.8 Å². The van der Waals surface area contributed by atoms with Crippen LogP contribution in [0.2, 0.25) is 5.02 Å². The van der Waals surface area contributed by atoms with E-state index in [1.807, 2.05) is 41.8 Å². The first-order chi connectivity index (χ1) is 14.9. The number of nitrogens with one attached hydrogen (secondary N) is 1. The highest BCUT2D eigenvalue weighted by Gasteiger charge is 2.42. The predicted octanol–water partition coefficient (Wildman–Crippen LogP) is 5.93. The van der Waals surface area contributed by atoms with Gasteiger partial charge >= 0.3 is 0 Å². The van der Waals surface area contributed by atoms with E-state index in [9.17, 15) is 9.59 Å². The zero-order valence-corrected chi connectivity index (χ0v) is 18.9. The number of methoxy groups -OCH3 is 1. The van der Waals surface area contributed by atoms with Crippen molar-refractivity contribution >= 4 is 51.7 Å². The summed E-state index contributed by atoms with van der Waals surface area (Å²) < 4.78 is 5.38. The molecular formula is C24H21ClN2O3S. The molecule has 31 heavy (non-hydrogen) atoms. The van der Waals surface area contributed by atoms with Gasteiger partial charge in [0.2, 0.25) is 0 Å². The minimum absolute atomic E-state index is 0.228. The van der Waals surface area contributed by atoms with Crippen LogP contribution in [0.25, 0.3) is 5.57 Å². The molecule has 1 N–H and O–H groups in total. The summed E-state index contributed by atoms with van der Waals surface area (Å²) in [5, 5.41) is 5.45. The molecule has 3 aromatic rings. The Labute approximate surface area is 189 Å². The smallest absolute Gasteiger partial charge is 0.282 e. The lowest BCUT2D eigenvalue weighted by atomic mass is 10.0. The monoisotopic (exact) mass is 452 g/mol. The summed E-state index contributed by atoms with van der Waals surface area (Å²) in [5.41, 5.74) is 2.79. The average Bonchev–Trinajstić information content (AvgIpc) is 3.35. The van der Waals surface area contributed by atoms with Crippen LogP contribution in [-0.4, -0.2) is 18.9 Å². The number of hydrogen-bond donors (Lipinski definition) is 1. The molecule has 0 saturated heterocycles. The van der Waals surface area contributed by atoms with Gasteiger partial charge in [0, 0.05) is 15.6 Å². The molecule has 0 unspecified atom stereocenters. The van der Waals surface area contributed by atoms with Crippen LogP contribution >= 0.6 is 22.9 Å². The van der Waals surface area contributed by atoms with Gasteiger partial charge in [-0.05, 0) is 53.3 Å². The highest BCUT2D eigenvalue weighted by molar-refractivity contribution is 7.11. The second kappa shape index (κ2) is 8.57. The Morgan fingerprint density at radius 2 is 1.77 bits per heavy atom. The maximum Gasteiger partial charge on any atom is 0.282 e. The van der Waals surface area contributed by atoms with Crippen LogP contribution in [0.5, 0.6) is 5.75 Å². The zero-order chi connectivity index (χ0) is 22.1. The lowest BCUT2D eigenvalue weighted by molar-refractivity contribution is -0.120. The van der Waals surface area contributed by atoms with Crippen LogP contribution in [0.1, 0.15) is 30.2 Å². The molecule has 0 aliphatic carbocycles. The Morgan fingerprint density at radius 3 is 2.39 bits per heavy atom. The van der Waals surface area contributed by atoms with Gasteiger partial charge in [0.05, 0.1) is 18.4 Å². The normalized spacial score (nSPS) is 14.0. The number of anilines is 2. The molecular weight excluding hydrogens is 432 g/mol. The number of carbonyl (C=O) groups is 2. The quantitative estimate of drug-likeness (QED) is 0.471. The van der Waals surface area contributed by atoms with E-state index in [1.54, 1.807) is 18.2 Å². The van der Waals surface area contributed by atoms with E-state index in [1.165, 1.54) is 24.0 Å². The van der Waals surface area contributed by atoms with E-state index in [2.05, 4.69) is 19.2 Å². The van der Waals surface area contributed by atoms with Gasteiger partial charge in [0.15, 0.2) is 0 Å². The van der Waals surface area contributed by atoms with Gasteiger partial charge in [0.1, 0.15) is 11.4 Å². The molecule has 2 amide bonds. The Kier molecular flexibility index (Phi) is 5.85. The van der Waals surface area contributed by atoms with E-state index in [-0.39, 0.29) is 5.70 Å². The number of carbonyl (C=O) groups excluding carboxylic acids is 2. The van der Waals surface area contributed by atoms with Crippen molar-refractivity contribution in [3.05, 3.63) is 81.1 Å². The number of ether oxygens (including phenoxy) is 1. The number of nitrogens with zero attached hydrogens (tertiary/aromatic N) is 1. The van der Waals surface area contributed by atoms with Gasteiger partial charge in [-0.15, -0.1) is 11.3 Å². The minimum Gasteiger partial charge on any atom is -0.495 e. The molecule has 158 valence electrons. The lowest BCUT2D eigenvalue weighted by Crippen LogP contribution is -2.32. The zero-order valence-electron chi connectivity index (χ0n) is 17.3. The van der Waals surface area contributed by atoms with Crippen LogP contribution in [-0.2, 0) is 9.59 Å². The van der Waals surface area contributed by atoms with Gasteiger partial charge in [-0.2, -0.15) is 0 Å². The first-order valence-corrected chi connectivity index (χ1v) is 11.0. The van der Waals surface area contributed by atoms with Crippen molar-refractivity contribution in [1.29, 1.82) is 0 Å². The minimum atomic E-state index is -0.457. The van der Waals surface area contributed by atoms with Crippen molar-refractivity contribution in [3.8, 4) is 5.75 Å². The third-order valence-electron chi connectivity index (χ3n) is 5.08. The third kappa shape index (κ3) is 3.96. The molecule has 0 radical (unpaired) electrons. The van der Waals surface area contributed by atoms with Crippen LogP contribution in [0.3, 0.4) is 0 Å². The van der Waals surface area contributed by atoms with E-state index in [0.717, 1.165) is 10.6 Å². The second-order valence-corrected chi connectivity index (χ2v) is 8.78. The van der Waals surface area contributed by atoms with Crippen molar-refractivity contribution < 1.29 is 14.3 Å². The molecule has 0 saturated carbocycles. The molecule has 0 bridgehead atoms. The molecule has 0 atom stereocenters. The lowest BCUT2D eigenvalue weighted by Gasteiger charge is -2.18. The van der Waals surface area contributed by atoms with Crippen molar-refractivity contribution in [2.24, 2.45) is 0 Å². The number of benzene rings is 2. The maximum absolute atomic E-state index is 13.5. The molecule has 1 aliphatic heterocycles. The molecule has 1 aromatic heterocycles.